The molecule has 1 amide bonds. The van der Waals surface area contributed by atoms with Crippen molar-refractivity contribution in [2.75, 3.05) is 7.05 Å². The minimum atomic E-state index is -0.875. The van der Waals surface area contributed by atoms with Gasteiger partial charge < -0.3 is 4.90 Å². The average Bonchev–Trinajstić information content (AvgIpc) is 2.93. The van der Waals surface area contributed by atoms with Crippen molar-refractivity contribution >= 4 is 17.2 Å². The topological polar surface area (TPSA) is 44.1 Å². The van der Waals surface area contributed by atoms with Crippen molar-refractivity contribution in [1.82, 2.24) is 4.90 Å². The fourth-order valence-corrected chi connectivity index (χ4v) is 2.82. The highest BCUT2D eigenvalue weighted by molar-refractivity contribution is 7.10. The SMILES string of the molecule is CCC(C#N)(CC)C(=O)N(C)C(C)c1cccs1. The Kier molecular flexibility index (Phi) is 4.92. The first-order valence-electron chi connectivity index (χ1n) is 6.24. The van der Waals surface area contributed by atoms with Gasteiger partial charge in [-0.1, -0.05) is 19.9 Å². The second-order valence-corrected chi connectivity index (χ2v) is 5.49. The van der Waals surface area contributed by atoms with Crippen molar-refractivity contribution in [2.45, 2.75) is 39.7 Å². The molecule has 0 aliphatic rings. The summed E-state index contributed by atoms with van der Waals surface area (Å²) in [5, 5.41) is 11.3. The molecule has 0 aliphatic heterocycles. The van der Waals surface area contributed by atoms with Gasteiger partial charge in [-0.05, 0) is 31.2 Å². The summed E-state index contributed by atoms with van der Waals surface area (Å²) in [6.45, 7) is 5.79. The first kappa shape index (κ1) is 14.7. The van der Waals surface area contributed by atoms with Crippen LogP contribution in [0, 0.1) is 16.7 Å². The van der Waals surface area contributed by atoms with Gasteiger partial charge >= 0.3 is 0 Å². The number of nitrogens with zero attached hydrogens (tertiary/aromatic N) is 2. The monoisotopic (exact) mass is 264 g/mol. The number of hydrogen-bond acceptors (Lipinski definition) is 3. The first-order valence-corrected chi connectivity index (χ1v) is 7.12. The number of carbonyl (C=O) groups is 1. The van der Waals surface area contributed by atoms with E-state index in [1.165, 1.54) is 0 Å². The molecule has 0 bridgehead atoms. The van der Waals surface area contributed by atoms with Crippen molar-refractivity contribution in [1.29, 1.82) is 5.26 Å². The maximum atomic E-state index is 12.5. The van der Waals surface area contributed by atoms with Gasteiger partial charge in [0.15, 0.2) is 0 Å². The Morgan fingerprint density at radius 3 is 2.56 bits per heavy atom. The Morgan fingerprint density at radius 1 is 1.56 bits per heavy atom. The molecule has 98 valence electrons. The average molecular weight is 264 g/mol. The third-order valence-corrected chi connectivity index (χ3v) is 4.73. The molecule has 1 heterocycles. The quantitative estimate of drug-likeness (QED) is 0.815. The van der Waals surface area contributed by atoms with Gasteiger partial charge in [0.05, 0.1) is 12.1 Å². The smallest absolute Gasteiger partial charge is 0.243 e. The molecule has 0 fully saturated rings. The number of nitriles is 1. The van der Waals surface area contributed by atoms with Gasteiger partial charge in [0.2, 0.25) is 5.91 Å². The van der Waals surface area contributed by atoms with Gasteiger partial charge in [0.25, 0.3) is 0 Å². The second-order valence-electron chi connectivity index (χ2n) is 4.51. The lowest BCUT2D eigenvalue weighted by Gasteiger charge is -2.32. The largest absolute Gasteiger partial charge is 0.337 e. The Labute approximate surface area is 113 Å². The van der Waals surface area contributed by atoms with Crippen molar-refractivity contribution < 1.29 is 4.79 Å². The number of thiophene rings is 1. The highest BCUT2D eigenvalue weighted by atomic mass is 32.1. The minimum Gasteiger partial charge on any atom is -0.337 e. The van der Waals surface area contributed by atoms with E-state index in [0.717, 1.165) is 4.88 Å². The molecule has 0 N–H and O–H groups in total. The van der Waals surface area contributed by atoms with Crippen molar-refractivity contribution in [2.24, 2.45) is 5.41 Å². The third kappa shape index (κ3) is 2.56. The normalized spacial score (nSPS) is 12.8. The fourth-order valence-electron chi connectivity index (χ4n) is 1.99. The van der Waals surface area contributed by atoms with Gasteiger partial charge in [-0.15, -0.1) is 11.3 Å². The predicted octanol–water partition coefficient (Wildman–Crippen LogP) is 3.60. The van der Waals surface area contributed by atoms with Crippen LogP contribution >= 0.6 is 11.3 Å². The van der Waals surface area contributed by atoms with E-state index in [-0.39, 0.29) is 11.9 Å². The van der Waals surface area contributed by atoms with Gasteiger partial charge in [-0.3, -0.25) is 4.79 Å². The first-order chi connectivity index (χ1) is 8.52. The van der Waals surface area contributed by atoms with Crippen molar-refractivity contribution in [3.05, 3.63) is 22.4 Å². The molecule has 0 saturated heterocycles. The van der Waals surface area contributed by atoms with Crippen LogP contribution in [-0.4, -0.2) is 17.9 Å². The van der Waals surface area contributed by atoms with Gasteiger partial charge in [-0.25, -0.2) is 0 Å². The molecular weight excluding hydrogens is 244 g/mol. The maximum Gasteiger partial charge on any atom is 0.243 e. The van der Waals surface area contributed by atoms with Crippen LogP contribution in [0.2, 0.25) is 0 Å². The van der Waals surface area contributed by atoms with Crippen LogP contribution in [0.1, 0.15) is 44.5 Å². The standard InChI is InChI=1S/C14H20N2OS/c1-5-14(6-2,10-15)13(17)16(4)11(3)12-8-7-9-18-12/h7-9,11H,5-6H2,1-4H3. The van der Waals surface area contributed by atoms with E-state index in [1.54, 1.807) is 23.3 Å². The summed E-state index contributed by atoms with van der Waals surface area (Å²) in [7, 11) is 1.78. The lowest BCUT2D eigenvalue weighted by atomic mass is 9.82. The highest BCUT2D eigenvalue weighted by Crippen LogP contribution is 2.32. The molecule has 0 aliphatic carbocycles. The second kappa shape index (κ2) is 6.01. The summed E-state index contributed by atoms with van der Waals surface area (Å²) in [6, 6.07) is 6.22. The minimum absolute atomic E-state index is 0.0170. The van der Waals surface area contributed by atoms with E-state index < -0.39 is 5.41 Å². The molecule has 1 unspecified atom stereocenters. The van der Waals surface area contributed by atoms with Crippen LogP contribution in [-0.2, 0) is 4.79 Å². The van der Waals surface area contributed by atoms with E-state index in [9.17, 15) is 10.1 Å². The predicted molar refractivity (Wildman–Crippen MR) is 74.1 cm³/mol. The van der Waals surface area contributed by atoms with E-state index >= 15 is 0 Å². The molecule has 0 aromatic carbocycles. The summed E-state index contributed by atoms with van der Waals surface area (Å²) < 4.78 is 0. The molecule has 4 heteroatoms. The Bertz CT molecular complexity index is 429. The zero-order valence-corrected chi connectivity index (χ0v) is 12.3. The maximum absolute atomic E-state index is 12.5. The lowest BCUT2D eigenvalue weighted by molar-refractivity contribution is -0.140. The van der Waals surface area contributed by atoms with E-state index in [4.69, 9.17) is 0 Å². The van der Waals surface area contributed by atoms with Crippen LogP contribution in [0.25, 0.3) is 0 Å². The summed E-state index contributed by atoms with van der Waals surface area (Å²) in [5.74, 6) is -0.0732. The molecule has 1 atom stereocenters. The van der Waals surface area contributed by atoms with E-state index in [2.05, 4.69) is 6.07 Å². The Morgan fingerprint density at radius 2 is 2.17 bits per heavy atom. The van der Waals surface area contributed by atoms with Crippen LogP contribution in [0.15, 0.2) is 17.5 Å². The Hall–Kier alpha value is -1.34. The van der Waals surface area contributed by atoms with Crippen LogP contribution in [0.5, 0.6) is 0 Å². The Balaban J connectivity index is 2.93. The number of carbonyl (C=O) groups excluding carboxylic acids is 1. The lowest BCUT2D eigenvalue weighted by Crippen LogP contribution is -2.41. The number of hydrogen-bond donors (Lipinski definition) is 0. The molecule has 1 aromatic rings. The molecule has 3 nitrogen and oxygen atoms in total. The highest BCUT2D eigenvalue weighted by Gasteiger charge is 2.38. The van der Waals surface area contributed by atoms with Gasteiger partial charge in [-0.2, -0.15) is 5.26 Å². The van der Waals surface area contributed by atoms with Gasteiger partial charge in [0, 0.05) is 11.9 Å². The van der Waals surface area contributed by atoms with Crippen LogP contribution in [0.4, 0.5) is 0 Å². The molecular formula is C14H20N2OS. The number of rotatable bonds is 5. The molecule has 0 radical (unpaired) electrons. The third-order valence-electron chi connectivity index (χ3n) is 3.69. The van der Waals surface area contributed by atoms with Crippen LogP contribution < -0.4 is 0 Å². The summed E-state index contributed by atoms with van der Waals surface area (Å²) in [6.07, 6.45) is 1.11. The molecule has 18 heavy (non-hydrogen) atoms. The van der Waals surface area contributed by atoms with Crippen molar-refractivity contribution in [3.63, 3.8) is 0 Å². The zero-order chi connectivity index (χ0) is 13.8. The molecule has 1 aromatic heterocycles. The fraction of sp³-hybridized carbons (Fsp3) is 0.571. The van der Waals surface area contributed by atoms with E-state index in [1.807, 2.05) is 38.3 Å². The van der Waals surface area contributed by atoms with Crippen molar-refractivity contribution in [3.8, 4) is 6.07 Å². The molecule has 1 rings (SSSR count). The van der Waals surface area contributed by atoms with E-state index in [0.29, 0.717) is 12.8 Å². The number of amides is 1. The summed E-state index contributed by atoms with van der Waals surface area (Å²) in [4.78, 5) is 15.3. The summed E-state index contributed by atoms with van der Waals surface area (Å²) >= 11 is 1.63. The van der Waals surface area contributed by atoms with Gasteiger partial charge in [0.1, 0.15) is 5.41 Å². The molecule has 0 saturated carbocycles. The molecule has 0 spiro atoms. The van der Waals surface area contributed by atoms with Crippen LogP contribution in [0.3, 0.4) is 0 Å². The zero-order valence-electron chi connectivity index (χ0n) is 11.4. The summed E-state index contributed by atoms with van der Waals surface area (Å²) in [5.41, 5.74) is -0.875.